The van der Waals surface area contributed by atoms with E-state index in [0.717, 1.165) is 17.2 Å². The highest BCUT2D eigenvalue weighted by atomic mass is 19.4. The Labute approximate surface area is 202 Å². The molecule has 2 aromatic carbocycles. The van der Waals surface area contributed by atoms with Crippen molar-refractivity contribution in [1.29, 1.82) is 0 Å². The molecule has 35 heavy (non-hydrogen) atoms. The van der Waals surface area contributed by atoms with Gasteiger partial charge in [0, 0.05) is 17.5 Å². The molecule has 3 N–H and O–H groups in total. The monoisotopic (exact) mass is 493 g/mol. The number of hydrogen-bond donors (Lipinski definition) is 3. The average Bonchev–Trinajstić information content (AvgIpc) is 2.79. The molecule has 3 rings (SSSR count). The molecule has 190 valence electrons. The van der Waals surface area contributed by atoms with Crippen molar-refractivity contribution in [1.82, 2.24) is 5.32 Å². The van der Waals surface area contributed by atoms with Gasteiger partial charge in [-0.1, -0.05) is 36.8 Å². The van der Waals surface area contributed by atoms with Crippen LogP contribution >= 0.6 is 0 Å². The van der Waals surface area contributed by atoms with Gasteiger partial charge in [-0.3, -0.25) is 4.79 Å². The number of carboxylic acids is 1. The summed E-state index contributed by atoms with van der Waals surface area (Å²) < 4.78 is 45.7. The fraction of sp³-hybridized carbons (Fsp3) is 0.462. The number of nitrogens with one attached hydrogen (secondary N) is 1. The second-order valence-corrected chi connectivity index (χ2v) is 9.31. The average molecular weight is 494 g/mol. The Bertz CT molecular complexity index is 1060. The van der Waals surface area contributed by atoms with Crippen LogP contribution in [0.3, 0.4) is 0 Å². The summed E-state index contributed by atoms with van der Waals surface area (Å²) in [7, 11) is 0. The number of aliphatic hydroxyl groups is 1. The lowest BCUT2D eigenvalue weighted by molar-refractivity contribution is -0.207. The molecule has 1 aliphatic rings. The first kappa shape index (κ1) is 26.5. The van der Waals surface area contributed by atoms with Crippen molar-refractivity contribution in [3.05, 3.63) is 64.7 Å². The largest absolute Gasteiger partial charge is 0.493 e. The van der Waals surface area contributed by atoms with Gasteiger partial charge in [0.25, 0.3) is 5.91 Å². The van der Waals surface area contributed by atoms with E-state index >= 15 is 0 Å². The third kappa shape index (κ3) is 6.54. The lowest BCUT2D eigenvalue weighted by Crippen LogP contribution is -2.56. The number of halogens is 3. The molecule has 1 saturated carbocycles. The molecular formula is C26H30F3NO5. The molecule has 0 heterocycles. The molecular weight excluding hydrogens is 463 g/mol. The number of benzene rings is 2. The number of hydrogen-bond acceptors (Lipinski definition) is 4. The SMILES string of the molecule is Cc1cccc(CCOc2ccc(C(=O)NC3(C(=O)O)CCC(C)CC3)cc2[C@@H](O)C(F)(F)F)c1. The predicted molar refractivity (Wildman–Crippen MR) is 123 cm³/mol. The topological polar surface area (TPSA) is 95.9 Å². The second kappa shape index (κ2) is 10.7. The Morgan fingerprint density at radius 2 is 1.86 bits per heavy atom. The lowest BCUT2D eigenvalue weighted by atomic mass is 9.77. The van der Waals surface area contributed by atoms with Gasteiger partial charge in [-0.05, 0) is 62.3 Å². The van der Waals surface area contributed by atoms with Crippen LogP contribution in [0.2, 0.25) is 0 Å². The van der Waals surface area contributed by atoms with Gasteiger partial charge in [0.05, 0.1) is 6.61 Å². The van der Waals surface area contributed by atoms with E-state index in [1.165, 1.54) is 12.1 Å². The molecule has 9 heteroatoms. The van der Waals surface area contributed by atoms with E-state index in [9.17, 15) is 33.0 Å². The van der Waals surface area contributed by atoms with Crippen molar-refractivity contribution >= 4 is 11.9 Å². The number of aliphatic hydroxyl groups excluding tert-OH is 1. The van der Waals surface area contributed by atoms with Crippen molar-refractivity contribution < 1.29 is 37.7 Å². The van der Waals surface area contributed by atoms with Crippen molar-refractivity contribution in [2.75, 3.05) is 6.61 Å². The summed E-state index contributed by atoms with van der Waals surface area (Å²) in [4.78, 5) is 24.8. The van der Waals surface area contributed by atoms with Gasteiger partial charge in [0.2, 0.25) is 0 Å². The Hall–Kier alpha value is -3.07. The number of rotatable bonds is 8. The van der Waals surface area contributed by atoms with E-state index < -0.39 is 35.3 Å². The van der Waals surface area contributed by atoms with Crippen LogP contribution < -0.4 is 10.1 Å². The highest BCUT2D eigenvalue weighted by Gasteiger charge is 2.44. The molecule has 6 nitrogen and oxygen atoms in total. The number of aliphatic carboxylic acids is 1. The van der Waals surface area contributed by atoms with Crippen LogP contribution in [0.15, 0.2) is 42.5 Å². The number of amides is 1. The Morgan fingerprint density at radius 3 is 2.46 bits per heavy atom. The molecule has 0 unspecified atom stereocenters. The van der Waals surface area contributed by atoms with Gasteiger partial charge >= 0.3 is 12.1 Å². The molecule has 0 bridgehead atoms. The van der Waals surface area contributed by atoms with Gasteiger partial charge in [0.1, 0.15) is 11.3 Å². The van der Waals surface area contributed by atoms with Gasteiger partial charge in [-0.2, -0.15) is 13.2 Å². The molecule has 0 spiro atoms. The van der Waals surface area contributed by atoms with E-state index in [1.807, 2.05) is 38.1 Å². The minimum Gasteiger partial charge on any atom is -0.493 e. The van der Waals surface area contributed by atoms with Crippen LogP contribution in [0, 0.1) is 12.8 Å². The summed E-state index contributed by atoms with van der Waals surface area (Å²) in [5.41, 5.74) is -0.281. The van der Waals surface area contributed by atoms with Gasteiger partial charge < -0.3 is 20.3 Å². The maximum Gasteiger partial charge on any atom is 0.418 e. The van der Waals surface area contributed by atoms with Crippen molar-refractivity contribution in [2.24, 2.45) is 5.92 Å². The molecule has 1 amide bonds. The standard InChI is InChI=1S/C26H30F3NO5/c1-16-8-11-25(12-9-16,24(33)34)30-23(32)19-6-7-21(20(15-19)22(31)26(27,28)29)35-13-10-18-5-3-4-17(2)14-18/h3-7,14-16,22,31H,8-13H2,1-2H3,(H,30,32)(H,33,34)/t16?,22-,25?/m1/s1. The molecule has 1 atom stereocenters. The fourth-order valence-corrected chi connectivity index (χ4v) is 4.29. The second-order valence-electron chi connectivity index (χ2n) is 9.31. The van der Waals surface area contributed by atoms with E-state index in [1.54, 1.807) is 0 Å². The number of carbonyl (C=O) groups excluding carboxylic acids is 1. The zero-order valence-corrected chi connectivity index (χ0v) is 19.7. The Kier molecular flexibility index (Phi) is 8.10. The number of carboxylic acid groups (broad SMARTS) is 1. The normalized spacial score (nSPS) is 21.3. The maximum absolute atomic E-state index is 13.4. The zero-order chi connectivity index (χ0) is 25.8. The minimum absolute atomic E-state index is 0.0624. The van der Waals surface area contributed by atoms with Crippen LogP contribution in [-0.4, -0.2) is 40.4 Å². The maximum atomic E-state index is 13.4. The molecule has 0 aromatic heterocycles. The summed E-state index contributed by atoms with van der Waals surface area (Å²) in [5.74, 6) is -1.86. The highest BCUT2D eigenvalue weighted by molar-refractivity contribution is 5.98. The van der Waals surface area contributed by atoms with E-state index in [2.05, 4.69) is 5.32 Å². The van der Waals surface area contributed by atoms with Crippen molar-refractivity contribution in [3.63, 3.8) is 0 Å². The summed E-state index contributed by atoms with van der Waals surface area (Å²) in [6, 6.07) is 11.0. The van der Waals surface area contributed by atoms with Crippen LogP contribution in [0.1, 0.15) is 65.8 Å². The van der Waals surface area contributed by atoms with Crippen molar-refractivity contribution in [3.8, 4) is 5.75 Å². The predicted octanol–water partition coefficient (Wildman–Crippen LogP) is 4.98. The van der Waals surface area contributed by atoms with Crippen LogP contribution in [-0.2, 0) is 11.2 Å². The number of ether oxygens (including phenoxy) is 1. The molecule has 0 saturated heterocycles. The number of carbonyl (C=O) groups is 2. The summed E-state index contributed by atoms with van der Waals surface area (Å²) in [6.45, 7) is 3.98. The first-order valence-corrected chi connectivity index (χ1v) is 11.5. The quantitative estimate of drug-likeness (QED) is 0.482. The molecule has 0 aliphatic heterocycles. The molecule has 0 radical (unpaired) electrons. The van der Waals surface area contributed by atoms with E-state index in [0.29, 0.717) is 25.2 Å². The first-order valence-electron chi connectivity index (χ1n) is 11.5. The Balaban J connectivity index is 1.82. The van der Waals surface area contributed by atoms with Gasteiger partial charge in [-0.15, -0.1) is 0 Å². The molecule has 1 fully saturated rings. The summed E-state index contributed by atoms with van der Waals surface area (Å²) >= 11 is 0. The first-order chi connectivity index (χ1) is 16.4. The van der Waals surface area contributed by atoms with Gasteiger partial charge in [-0.25, -0.2) is 4.79 Å². The zero-order valence-electron chi connectivity index (χ0n) is 19.7. The molecule has 2 aromatic rings. The highest BCUT2D eigenvalue weighted by Crippen LogP contribution is 2.38. The number of alkyl halides is 3. The van der Waals surface area contributed by atoms with Crippen LogP contribution in [0.4, 0.5) is 13.2 Å². The van der Waals surface area contributed by atoms with E-state index in [4.69, 9.17) is 4.74 Å². The minimum atomic E-state index is -4.98. The third-order valence-corrected chi connectivity index (χ3v) is 6.50. The summed E-state index contributed by atoms with van der Waals surface area (Å²) in [5, 5.41) is 22.2. The fourth-order valence-electron chi connectivity index (χ4n) is 4.29. The van der Waals surface area contributed by atoms with Gasteiger partial charge in [0.15, 0.2) is 6.10 Å². The smallest absolute Gasteiger partial charge is 0.418 e. The summed E-state index contributed by atoms with van der Waals surface area (Å²) in [6.07, 6.45) is -5.73. The van der Waals surface area contributed by atoms with E-state index in [-0.39, 0.29) is 30.8 Å². The molecule has 1 aliphatic carbocycles. The van der Waals surface area contributed by atoms with Crippen LogP contribution in [0.25, 0.3) is 0 Å². The number of aryl methyl sites for hydroxylation is 1. The third-order valence-electron chi connectivity index (χ3n) is 6.50. The van der Waals surface area contributed by atoms with Crippen LogP contribution in [0.5, 0.6) is 5.75 Å². The Morgan fingerprint density at radius 1 is 1.17 bits per heavy atom. The van der Waals surface area contributed by atoms with Crippen molar-refractivity contribution in [2.45, 2.75) is 63.8 Å². The lowest BCUT2D eigenvalue weighted by Gasteiger charge is -2.36.